The molecule has 4 aromatic rings. The molecule has 7 nitrogen and oxygen atoms in total. The second-order valence-corrected chi connectivity index (χ2v) is 8.87. The summed E-state index contributed by atoms with van der Waals surface area (Å²) in [5, 5.41) is 9.17. The first kappa shape index (κ1) is 28.9. The highest BCUT2D eigenvalue weighted by Gasteiger charge is 2.19. The van der Waals surface area contributed by atoms with Gasteiger partial charge >= 0.3 is 0 Å². The number of hydrogen-bond donors (Lipinski definition) is 0. The van der Waals surface area contributed by atoms with E-state index in [1.54, 1.807) is 24.3 Å². The minimum absolute atomic E-state index is 0.147. The average Bonchev–Trinajstić information content (AvgIpc) is 2.99. The van der Waals surface area contributed by atoms with Crippen molar-refractivity contribution in [2.45, 2.75) is 27.7 Å². The predicted octanol–water partition coefficient (Wildman–Crippen LogP) is 7.75. The van der Waals surface area contributed by atoms with Crippen LogP contribution in [0.3, 0.4) is 0 Å². The highest BCUT2D eigenvalue weighted by molar-refractivity contribution is 9.10. The number of hydrogen-bond acceptors (Lipinski definition) is 6. The van der Waals surface area contributed by atoms with Crippen molar-refractivity contribution in [3.05, 3.63) is 92.5 Å². The van der Waals surface area contributed by atoms with Crippen molar-refractivity contribution in [2.24, 2.45) is 5.18 Å². The zero-order valence-electron chi connectivity index (χ0n) is 22.3. The Hall–Kier alpha value is -3.62. The summed E-state index contributed by atoms with van der Waals surface area (Å²) in [4.78, 5) is 27.4. The smallest absolute Gasteiger partial charge is 0.279 e. The van der Waals surface area contributed by atoms with Crippen LogP contribution < -0.4 is 10.5 Å². The zero-order chi connectivity index (χ0) is 27.7. The first-order chi connectivity index (χ1) is 18.6. The molecule has 198 valence electrons. The van der Waals surface area contributed by atoms with Crippen LogP contribution in [0.5, 0.6) is 0 Å². The van der Waals surface area contributed by atoms with E-state index in [-0.39, 0.29) is 11.2 Å². The molecule has 0 saturated carbocycles. The molecule has 0 unspecified atom stereocenters. The summed E-state index contributed by atoms with van der Waals surface area (Å²) in [6.07, 6.45) is 1.76. The Morgan fingerprint density at radius 3 is 2.32 bits per heavy atom. The van der Waals surface area contributed by atoms with E-state index in [1.165, 1.54) is 4.68 Å². The minimum atomic E-state index is -0.317. The number of halogens is 1. The Bertz CT molecular complexity index is 1480. The Morgan fingerprint density at radius 2 is 1.66 bits per heavy atom. The van der Waals surface area contributed by atoms with Gasteiger partial charge in [0.05, 0.1) is 24.3 Å². The third-order valence-corrected chi connectivity index (χ3v) is 6.35. The van der Waals surface area contributed by atoms with Crippen molar-refractivity contribution in [1.29, 1.82) is 0 Å². The van der Waals surface area contributed by atoms with Gasteiger partial charge in [0.2, 0.25) is 0 Å². The quantitative estimate of drug-likeness (QED) is 0.227. The van der Waals surface area contributed by atoms with Crippen LogP contribution in [0.1, 0.15) is 33.3 Å². The number of nitrogens with zero attached hydrogens (tertiary/aromatic N) is 4. The Labute approximate surface area is 231 Å². The molecule has 0 bridgehead atoms. The van der Waals surface area contributed by atoms with Gasteiger partial charge in [-0.15, -0.1) is 4.91 Å². The average molecular weight is 578 g/mol. The lowest BCUT2D eigenvalue weighted by atomic mass is 10.0. The van der Waals surface area contributed by atoms with Gasteiger partial charge < -0.3 is 9.64 Å². The topological polar surface area (TPSA) is 76.8 Å². The van der Waals surface area contributed by atoms with Crippen LogP contribution in [-0.2, 0) is 4.74 Å². The third kappa shape index (κ3) is 6.09. The molecule has 2 heterocycles. The van der Waals surface area contributed by atoms with Crippen LogP contribution in [0.25, 0.3) is 33.8 Å². The van der Waals surface area contributed by atoms with Crippen molar-refractivity contribution < 1.29 is 4.74 Å². The molecular formula is C30H33BrN4O3. The zero-order valence-corrected chi connectivity index (χ0v) is 23.9. The molecular weight excluding hydrogens is 544 g/mol. The van der Waals surface area contributed by atoms with Crippen LogP contribution in [-0.4, -0.2) is 36.1 Å². The Morgan fingerprint density at radius 1 is 0.974 bits per heavy atom. The summed E-state index contributed by atoms with van der Waals surface area (Å²) in [6, 6.07) is 18.5. The van der Waals surface area contributed by atoms with Crippen LogP contribution in [0.4, 0.5) is 11.4 Å². The third-order valence-electron chi connectivity index (χ3n) is 5.90. The molecule has 1 aromatic heterocycles. The Balaban J connectivity index is 0.000000956. The number of nitroso groups, excluding NO2 is 1. The van der Waals surface area contributed by atoms with E-state index in [0.717, 1.165) is 39.8 Å². The molecule has 0 radical (unpaired) electrons. The van der Waals surface area contributed by atoms with Crippen molar-refractivity contribution in [1.82, 2.24) is 9.78 Å². The summed E-state index contributed by atoms with van der Waals surface area (Å²) in [6.45, 7) is 14.6. The van der Waals surface area contributed by atoms with Gasteiger partial charge in [0.1, 0.15) is 11.4 Å². The van der Waals surface area contributed by atoms with Gasteiger partial charge in [0.15, 0.2) is 0 Å². The number of ether oxygens (including phenoxy) is 1. The highest BCUT2D eigenvalue weighted by atomic mass is 79.9. The maximum atomic E-state index is 13.6. The van der Waals surface area contributed by atoms with Gasteiger partial charge in [0.25, 0.3) is 5.56 Å². The van der Waals surface area contributed by atoms with Gasteiger partial charge in [0, 0.05) is 34.2 Å². The monoisotopic (exact) mass is 576 g/mol. The molecule has 1 saturated heterocycles. The van der Waals surface area contributed by atoms with E-state index >= 15 is 0 Å². The number of morpholine rings is 1. The van der Waals surface area contributed by atoms with Crippen molar-refractivity contribution in [3.8, 4) is 16.9 Å². The number of fused-ring (bicyclic) bond motifs is 1. The Kier molecular flexibility index (Phi) is 10.5. The molecule has 0 N–H and O–H groups in total. The van der Waals surface area contributed by atoms with Gasteiger partial charge in [-0.2, -0.15) is 9.78 Å². The number of benzene rings is 3. The van der Waals surface area contributed by atoms with Crippen LogP contribution in [0.2, 0.25) is 0 Å². The van der Waals surface area contributed by atoms with Crippen molar-refractivity contribution in [3.63, 3.8) is 0 Å². The van der Waals surface area contributed by atoms with E-state index in [1.807, 2.05) is 70.2 Å². The normalized spacial score (nSPS) is 12.6. The van der Waals surface area contributed by atoms with E-state index < -0.39 is 0 Å². The summed E-state index contributed by atoms with van der Waals surface area (Å²) < 4.78 is 7.61. The van der Waals surface area contributed by atoms with Gasteiger partial charge in [-0.1, -0.05) is 74.5 Å². The first-order valence-corrected chi connectivity index (χ1v) is 13.6. The van der Waals surface area contributed by atoms with E-state index in [2.05, 4.69) is 32.6 Å². The maximum absolute atomic E-state index is 13.6. The lowest BCUT2D eigenvalue weighted by Gasteiger charge is -2.29. The van der Waals surface area contributed by atoms with Crippen molar-refractivity contribution >= 4 is 44.2 Å². The predicted molar refractivity (Wildman–Crippen MR) is 162 cm³/mol. The summed E-state index contributed by atoms with van der Waals surface area (Å²) >= 11 is 3.55. The van der Waals surface area contributed by atoms with E-state index in [4.69, 9.17) is 9.84 Å². The molecule has 1 aliphatic heterocycles. The minimum Gasteiger partial charge on any atom is -0.378 e. The lowest BCUT2D eigenvalue weighted by Crippen LogP contribution is -2.36. The number of rotatable bonds is 5. The van der Waals surface area contributed by atoms with Crippen LogP contribution in [0, 0.1) is 4.91 Å². The molecule has 3 aromatic carbocycles. The fourth-order valence-corrected chi connectivity index (χ4v) is 4.72. The first-order valence-electron chi connectivity index (χ1n) is 12.8. The molecule has 0 spiro atoms. The van der Waals surface area contributed by atoms with Crippen LogP contribution >= 0.6 is 15.9 Å². The number of anilines is 1. The van der Waals surface area contributed by atoms with E-state index in [0.29, 0.717) is 30.0 Å². The number of aromatic nitrogens is 2. The SMILES string of the molecule is C=Cc1cc(Br)cc(-c2nn(-c3cc(N4CCOCC4)ccc3N=O)c(=O)c3ccccc23)c1.CC.CC. The molecule has 0 atom stereocenters. The molecule has 38 heavy (non-hydrogen) atoms. The fourth-order valence-electron chi connectivity index (χ4n) is 4.21. The van der Waals surface area contributed by atoms with Crippen molar-refractivity contribution in [2.75, 3.05) is 31.2 Å². The molecule has 0 amide bonds. The standard InChI is InChI=1S/C26H21BrN4O3.2C2H6/c1-2-17-13-18(15-19(27)14-17)25-21-5-3-4-6-22(21)26(32)31(28-25)24-16-20(7-8-23(24)29-33)30-9-11-34-12-10-30;2*1-2/h2-8,13-16H,1,9-12H2;2*1-2H3. The van der Waals surface area contributed by atoms with Crippen LogP contribution in [0.15, 0.2) is 81.7 Å². The van der Waals surface area contributed by atoms with Gasteiger partial charge in [-0.3, -0.25) is 4.79 Å². The van der Waals surface area contributed by atoms with E-state index in [9.17, 15) is 9.70 Å². The summed E-state index contributed by atoms with van der Waals surface area (Å²) in [5.41, 5.74) is 3.40. The summed E-state index contributed by atoms with van der Waals surface area (Å²) in [7, 11) is 0. The highest BCUT2D eigenvalue weighted by Crippen LogP contribution is 2.32. The molecule has 1 fully saturated rings. The molecule has 0 aliphatic carbocycles. The second-order valence-electron chi connectivity index (χ2n) is 7.95. The largest absolute Gasteiger partial charge is 0.378 e. The second kappa shape index (κ2) is 13.8. The lowest BCUT2D eigenvalue weighted by molar-refractivity contribution is 0.122. The fraction of sp³-hybridized carbons (Fsp3) is 0.267. The van der Waals surface area contributed by atoms with Gasteiger partial charge in [-0.05, 0) is 53.2 Å². The molecule has 1 aliphatic rings. The summed E-state index contributed by atoms with van der Waals surface area (Å²) in [5.74, 6) is 0. The maximum Gasteiger partial charge on any atom is 0.279 e. The molecule has 8 heteroatoms. The molecule has 5 rings (SSSR count). The van der Waals surface area contributed by atoms with Gasteiger partial charge in [-0.25, -0.2) is 0 Å².